The SMILES string of the molecule is Cc1cccc(-c2ccccc2-c2ccc(=O)n(CCCc3cccc(C(C)CC(=O)O)c3)c2)c1C. The molecule has 0 aliphatic heterocycles. The zero-order valence-electron chi connectivity index (χ0n) is 21.2. The zero-order valence-corrected chi connectivity index (χ0v) is 21.2. The molecule has 4 rings (SSSR count). The lowest BCUT2D eigenvalue weighted by molar-refractivity contribution is -0.137. The Kier molecular flexibility index (Phi) is 7.84. The quantitative estimate of drug-likeness (QED) is 0.281. The molecule has 4 nitrogen and oxygen atoms in total. The molecule has 1 unspecified atom stereocenters. The number of hydrogen-bond donors (Lipinski definition) is 1. The number of carbonyl (C=O) groups is 1. The van der Waals surface area contributed by atoms with Gasteiger partial charge in [0.25, 0.3) is 5.56 Å². The molecule has 0 aliphatic carbocycles. The Morgan fingerprint density at radius 2 is 1.61 bits per heavy atom. The van der Waals surface area contributed by atoms with Gasteiger partial charge in [0.1, 0.15) is 0 Å². The average molecular weight is 480 g/mol. The first-order valence-electron chi connectivity index (χ1n) is 12.5. The van der Waals surface area contributed by atoms with Gasteiger partial charge in [0, 0.05) is 18.8 Å². The highest BCUT2D eigenvalue weighted by Gasteiger charge is 2.12. The fourth-order valence-electron chi connectivity index (χ4n) is 4.77. The lowest BCUT2D eigenvalue weighted by Gasteiger charge is -2.15. The summed E-state index contributed by atoms with van der Waals surface area (Å²) in [5.74, 6) is -0.815. The molecule has 4 heteroatoms. The average Bonchev–Trinajstić information content (AvgIpc) is 2.87. The molecule has 1 heterocycles. The third-order valence-electron chi connectivity index (χ3n) is 6.98. The van der Waals surface area contributed by atoms with Gasteiger partial charge >= 0.3 is 5.97 Å². The molecule has 1 N–H and O–H groups in total. The van der Waals surface area contributed by atoms with Gasteiger partial charge in [-0.25, -0.2) is 0 Å². The summed E-state index contributed by atoms with van der Waals surface area (Å²) in [7, 11) is 0. The molecule has 4 aromatic rings. The van der Waals surface area contributed by atoms with Crippen molar-refractivity contribution in [2.75, 3.05) is 0 Å². The highest BCUT2D eigenvalue weighted by molar-refractivity contribution is 5.84. The predicted octanol–water partition coefficient (Wildman–Crippen LogP) is 7.01. The van der Waals surface area contributed by atoms with Crippen molar-refractivity contribution in [2.45, 2.75) is 52.5 Å². The first kappa shape index (κ1) is 25.2. The van der Waals surface area contributed by atoms with Crippen molar-refractivity contribution in [3.05, 3.63) is 118 Å². The van der Waals surface area contributed by atoms with Crippen LogP contribution in [0.5, 0.6) is 0 Å². The fourth-order valence-corrected chi connectivity index (χ4v) is 4.77. The first-order valence-corrected chi connectivity index (χ1v) is 12.5. The molecule has 1 aromatic heterocycles. The molecule has 36 heavy (non-hydrogen) atoms. The third-order valence-corrected chi connectivity index (χ3v) is 6.98. The monoisotopic (exact) mass is 479 g/mol. The van der Waals surface area contributed by atoms with Crippen LogP contribution in [0.1, 0.15) is 47.9 Å². The Balaban J connectivity index is 1.54. The van der Waals surface area contributed by atoms with Crippen LogP contribution in [0.15, 0.2) is 89.9 Å². The van der Waals surface area contributed by atoms with Crippen LogP contribution in [0.3, 0.4) is 0 Å². The number of carboxylic acids is 1. The molecule has 0 saturated heterocycles. The van der Waals surface area contributed by atoms with Crippen molar-refractivity contribution < 1.29 is 9.90 Å². The minimum atomic E-state index is -0.786. The third kappa shape index (κ3) is 5.83. The van der Waals surface area contributed by atoms with E-state index >= 15 is 0 Å². The maximum Gasteiger partial charge on any atom is 0.303 e. The molecule has 0 spiro atoms. The van der Waals surface area contributed by atoms with E-state index in [0.717, 1.165) is 40.7 Å². The number of rotatable bonds is 9. The summed E-state index contributed by atoms with van der Waals surface area (Å²) >= 11 is 0. The molecule has 3 aromatic carbocycles. The second-order valence-corrected chi connectivity index (χ2v) is 9.59. The largest absolute Gasteiger partial charge is 0.481 e. The summed E-state index contributed by atoms with van der Waals surface area (Å²) in [6, 6.07) is 26.4. The van der Waals surface area contributed by atoms with Crippen LogP contribution in [0.2, 0.25) is 0 Å². The molecule has 0 aliphatic rings. The van der Waals surface area contributed by atoms with Crippen LogP contribution in [0.25, 0.3) is 22.3 Å². The van der Waals surface area contributed by atoms with Gasteiger partial charge in [0.15, 0.2) is 0 Å². The van der Waals surface area contributed by atoms with Crippen LogP contribution in [-0.2, 0) is 17.8 Å². The molecule has 0 fully saturated rings. The number of aliphatic carboxylic acids is 1. The van der Waals surface area contributed by atoms with Crippen molar-refractivity contribution in [2.24, 2.45) is 0 Å². The van der Waals surface area contributed by atoms with Gasteiger partial charge in [-0.15, -0.1) is 0 Å². The Labute approximate surface area is 212 Å². The second-order valence-electron chi connectivity index (χ2n) is 9.59. The second kappa shape index (κ2) is 11.2. The zero-order chi connectivity index (χ0) is 25.7. The number of pyridine rings is 1. The van der Waals surface area contributed by atoms with Gasteiger partial charge in [-0.1, -0.05) is 73.7 Å². The molecule has 0 bridgehead atoms. The lowest BCUT2D eigenvalue weighted by atomic mass is 9.91. The maximum absolute atomic E-state index is 12.7. The van der Waals surface area contributed by atoms with Crippen molar-refractivity contribution in [3.8, 4) is 22.3 Å². The topological polar surface area (TPSA) is 59.3 Å². The summed E-state index contributed by atoms with van der Waals surface area (Å²) in [6.45, 7) is 6.84. The Morgan fingerprint density at radius 3 is 2.39 bits per heavy atom. The van der Waals surface area contributed by atoms with Crippen LogP contribution in [0.4, 0.5) is 0 Å². The molecule has 184 valence electrons. The minimum Gasteiger partial charge on any atom is -0.481 e. The van der Waals surface area contributed by atoms with E-state index in [4.69, 9.17) is 5.11 Å². The lowest BCUT2D eigenvalue weighted by Crippen LogP contribution is -2.19. The standard InChI is InChI=1S/C32H33NO3/c1-22-9-6-15-28(24(22)3)30-14-5-4-13-29(30)27-16-17-31(34)33(21-27)18-8-11-25-10-7-12-26(20-25)23(2)19-32(35)36/h4-7,9-10,12-17,20-21,23H,8,11,18-19H2,1-3H3,(H,35,36). The molecule has 0 radical (unpaired) electrons. The molecule has 0 saturated carbocycles. The number of aryl methyl sites for hydroxylation is 3. The fraction of sp³-hybridized carbons (Fsp3) is 0.250. The van der Waals surface area contributed by atoms with Crippen molar-refractivity contribution in [1.82, 2.24) is 4.57 Å². The summed E-state index contributed by atoms with van der Waals surface area (Å²) < 4.78 is 1.80. The van der Waals surface area contributed by atoms with E-state index in [0.29, 0.717) is 6.54 Å². The molecule has 1 atom stereocenters. The summed E-state index contributed by atoms with van der Waals surface area (Å²) in [5, 5.41) is 9.09. The van der Waals surface area contributed by atoms with Crippen molar-refractivity contribution >= 4 is 5.97 Å². The van der Waals surface area contributed by atoms with Crippen LogP contribution in [-0.4, -0.2) is 15.6 Å². The Hall–Kier alpha value is -3.92. The first-order chi connectivity index (χ1) is 17.3. The van der Waals surface area contributed by atoms with E-state index in [-0.39, 0.29) is 17.9 Å². The van der Waals surface area contributed by atoms with Crippen LogP contribution in [0, 0.1) is 13.8 Å². The number of carboxylic acid groups (broad SMARTS) is 1. The number of nitrogens with zero attached hydrogens (tertiary/aromatic N) is 1. The van der Waals surface area contributed by atoms with Gasteiger partial charge in [-0.05, 0) is 83.2 Å². The van der Waals surface area contributed by atoms with E-state index in [1.165, 1.54) is 16.7 Å². The van der Waals surface area contributed by atoms with Gasteiger partial charge in [-0.2, -0.15) is 0 Å². The minimum absolute atomic E-state index is 0.00759. The van der Waals surface area contributed by atoms with Gasteiger partial charge in [0.05, 0.1) is 6.42 Å². The van der Waals surface area contributed by atoms with E-state index in [1.807, 2.05) is 37.4 Å². The molecular formula is C32H33NO3. The summed E-state index contributed by atoms with van der Waals surface area (Å²) in [5.41, 5.74) is 9.22. The number of aromatic nitrogens is 1. The van der Waals surface area contributed by atoms with Gasteiger partial charge < -0.3 is 9.67 Å². The highest BCUT2D eigenvalue weighted by atomic mass is 16.4. The summed E-state index contributed by atoms with van der Waals surface area (Å²) in [6.07, 6.45) is 3.73. The van der Waals surface area contributed by atoms with Crippen LogP contribution >= 0.6 is 0 Å². The van der Waals surface area contributed by atoms with E-state index < -0.39 is 5.97 Å². The van der Waals surface area contributed by atoms with Gasteiger partial charge in [0.2, 0.25) is 0 Å². The molecule has 0 amide bonds. The molecular weight excluding hydrogens is 446 g/mol. The summed E-state index contributed by atoms with van der Waals surface area (Å²) in [4.78, 5) is 23.7. The van der Waals surface area contributed by atoms with Gasteiger partial charge in [-0.3, -0.25) is 9.59 Å². The Bertz CT molecular complexity index is 1430. The number of benzene rings is 3. The highest BCUT2D eigenvalue weighted by Crippen LogP contribution is 2.34. The predicted molar refractivity (Wildman–Crippen MR) is 146 cm³/mol. The van der Waals surface area contributed by atoms with Crippen molar-refractivity contribution in [3.63, 3.8) is 0 Å². The normalized spacial score (nSPS) is 11.9. The van der Waals surface area contributed by atoms with E-state index in [2.05, 4.69) is 62.4 Å². The maximum atomic E-state index is 12.7. The Morgan fingerprint density at radius 1 is 0.889 bits per heavy atom. The van der Waals surface area contributed by atoms with Crippen LogP contribution < -0.4 is 5.56 Å². The number of hydrogen-bond acceptors (Lipinski definition) is 2. The smallest absolute Gasteiger partial charge is 0.303 e. The van der Waals surface area contributed by atoms with E-state index in [9.17, 15) is 9.59 Å². The van der Waals surface area contributed by atoms with Crippen molar-refractivity contribution in [1.29, 1.82) is 0 Å². The van der Waals surface area contributed by atoms with E-state index in [1.54, 1.807) is 10.6 Å².